The van der Waals surface area contributed by atoms with E-state index in [4.69, 9.17) is 10.00 Å². The fourth-order valence-electron chi connectivity index (χ4n) is 1.89. The topological polar surface area (TPSA) is 94.4 Å². The van der Waals surface area contributed by atoms with E-state index < -0.39 is 5.91 Å². The van der Waals surface area contributed by atoms with Crippen molar-refractivity contribution in [3.05, 3.63) is 60.3 Å². The Bertz CT molecular complexity index is 777. The molecule has 2 aromatic carbocycles. The van der Waals surface area contributed by atoms with Crippen molar-refractivity contribution in [2.75, 3.05) is 17.2 Å². The Kier molecular flexibility index (Phi) is 5.81. The maximum Gasteiger partial charge on any atom is 0.267 e. The molecule has 6 heteroatoms. The van der Waals surface area contributed by atoms with Crippen molar-refractivity contribution in [2.45, 2.75) is 6.92 Å². The van der Waals surface area contributed by atoms with Crippen LogP contribution in [0.4, 0.5) is 11.4 Å². The molecule has 0 unspecified atom stereocenters. The largest absolute Gasteiger partial charge is 0.506 e. The summed E-state index contributed by atoms with van der Waals surface area (Å²) < 4.78 is 5.34. The van der Waals surface area contributed by atoms with Crippen LogP contribution in [-0.2, 0) is 4.79 Å². The molecule has 3 N–H and O–H groups in total. The van der Waals surface area contributed by atoms with Crippen LogP contribution in [-0.4, -0.2) is 17.6 Å². The number of phenolic OH excluding ortho intramolecular Hbond substituents is 1. The van der Waals surface area contributed by atoms with E-state index >= 15 is 0 Å². The van der Waals surface area contributed by atoms with Gasteiger partial charge in [0.25, 0.3) is 5.91 Å². The van der Waals surface area contributed by atoms with Crippen molar-refractivity contribution >= 4 is 17.3 Å². The summed E-state index contributed by atoms with van der Waals surface area (Å²) in [4.78, 5) is 12.1. The van der Waals surface area contributed by atoms with Crippen LogP contribution in [0.1, 0.15) is 6.92 Å². The van der Waals surface area contributed by atoms with Gasteiger partial charge in [-0.25, -0.2) is 0 Å². The second kappa shape index (κ2) is 8.25. The molecule has 0 aromatic heterocycles. The van der Waals surface area contributed by atoms with Crippen LogP contribution < -0.4 is 15.4 Å². The summed E-state index contributed by atoms with van der Waals surface area (Å²) in [5.41, 5.74) is 0.832. The summed E-state index contributed by atoms with van der Waals surface area (Å²) >= 11 is 0. The predicted octanol–water partition coefficient (Wildman–Crippen LogP) is 3.25. The van der Waals surface area contributed by atoms with E-state index in [0.717, 1.165) is 5.75 Å². The number of hydrogen-bond acceptors (Lipinski definition) is 5. The average Bonchev–Trinajstić information content (AvgIpc) is 2.59. The molecular weight excluding hydrogens is 306 g/mol. The molecule has 0 radical (unpaired) electrons. The first-order valence-electron chi connectivity index (χ1n) is 7.33. The standard InChI is InChI=1S/C18H17N3O3/c1-2-24-15-9-7-14(8-10-15)20-12-13(11-19)18(23)21-16-5-3-4-6-17(16)22/h3-10,12,20,22H,2H2,1H3,(H,21,23)/b13-12-. The van der Waals surface area contributed by atoms with Crippen LogP contribution in [0.2, 0.25) is 0 Å². The number of para-hydroxylation sites is 2. The number of nitriles is 1. The number of benzene rings is 2. The van der Waals surface area contributed by atoms with Gasteiger partial charge < -0.3 is 20.5 Å². The molecule has 0 saturated carbocycles. The van der Waals surface area contributed by atoms with Crippen LogP contribution in [0.15, 0.2) is 60.3 Å². The van der Waals surface area contributed by atoms with Crippen molar-refractivity contribution in [3.63, 3.8) is 0 Å². The van der Waals surface area contributed by atoms with Crippen LogP contribution in [0.5, 0.6) is 11.5 Å². The zero-order valence-electron chi connectivity index (χ0n) is 13.1. The first kappa shape index (κ1) is 16.9. The smallest absolute Gasteiger partial charge is 0.267 e. The van der Waals surface area contributed by atoms with Crippen LogP contribution >= 0.6 is 0 Å². The Morgan fingerprint density at radius 2 is 1.96 bits per heavy atom. The zero-order valence-corrected chi connectivity index (χ0v) is 13.1. The number of anilines is 2. The Morgan fingerprint density at radius 1 is 1.25 bits per heavy atom. The quantitative estimate of drug-likeness (QED) is 0.431. The van der Waals surface area contributed by atoms with E-state index in [1.807, 2.05) is 13.0 Å². The third-order valence-electron chi connectivity index (χ3n) is 3.07. The molecule has 0 aliphatic carbocycles. The van der Waals surface area contributed by atoms with Crippen molar-refractivity contribution in [3.8, 4) is 17.6 Å². The average molecular weight is 323 g/mol. The molecule has 0 bridgehead atoms. The number of aromatic hydroxyl groups is 1. The van der Waals surface area contributed by atoms with Gasteiger partial charge in [0.1, 0.15) is 23.1 Å². The van der Waals surface area contributed by atoms with E-state index in [0.29, 0.717) is 12.3 Å². The zero-order chi connectivity index (χ0) is 17.4. The van der Waals surface area contributed by atoms with Crippen molar-refractivity contribution in [1.82, 2.24) is 0 Å². The molecular formula is C18H17N3O3. The molecule has 0 aliphatic heterocycles. The second-order valence-corrected chi connectivity index (χ2v) is 4.74. The summed E-state index contributed by atoms with van der Waals surface area (Å²) in [6.45, 7) is 2.48. The molecule has 0 atom stereocenters. The lowest BCUT2D eigenvalue weighted by Gasteiger charge is -2.07. The molecule has 0 spiro atoms. The van der Waals surface area contributed by atoms with Gasteiger partial charge in [0, 0.05) is 11.9 Å². The van der Waals surface area contributed by atoms with E-state index in [1.54, 1.807) is 42.5 Å². The van der Waals surface area contributed by atoms with Gasteiger partial charge in [0.2, 0.25) is 0 Å². The number of carbonyl (C=O) groups is 1. The highest BCUT2D eigenvalue weighted by Crippen LogP contribution is 2.22. The number of phenols is 1. The lowest BCUT2D eigenvalue weighted by molar-refractivity contribution is -0.112. The minimum atomic E-state index is -0.613. The highest BCUT2D eigenvalue weighted by atomic mass is 16.5. The minimum absolute atomic E-state index is 0.0670. The van der Waals surface area contributed by atoms with E-state index in [2.05, 4.69) is 10.6 Å². The number of hydrogen-bond donors (Lipinski definition) is 3. The summed E-state index contributed by atoms with van der Waals surface area (Å²) in [5.74, 6) is 0.0601. The molecule has 0 heterocycles. The SMILES string of the molecule is CCOc1ccc(N/C=C(/C#N)C(=O)Nc2ccccc2O)cc1. The van der Waals surface area contributed by atoms with Crippen molar-refractivity contribution in [2.24, 2.45) is 0 Å². The highest BCUT2D eigenvalue weighted by molar-refractivity contribution is 6.07. The van der Waals surface area contributed by atoms with Gasteiger partial charge in [-0.15, -0.1) is 0 Å². The number of amides is 1. The van der Waals surface area contributed by atoms with Gasteiger partial charge in [0.05, 0.1) is 12.3 Å². The van der Waals surface area contributed by atoms with Gasteiger partial charge in [-0.2, -0.15) is 5.26 Å². The first-order chi connectivity index (χ1) is 11.6. The second-order valence-electron chi connectivity index (χ2n) is 4.74. The number of nitrogens with zero attached hydrogens (tertiary/aromatic N) is 1. The molecule has 24 heavy (non-hydrogen) atoms. The Hall–Kier alpha value is -3.46. The molecule has 0 aliphatic rings. The molecule has 2 aromatic rings. The predicted molar refractivity (Wildman–Crippen MR) is 91.7 cm³/mol. The number of nitrogens with one attached hydrogen (secondary N) is 2. The third-order valence-corrected chi connectivity index (χ3v) is 3.07. The Morgan fingerprint density at radius 3 is 2.58 bits per heavy atom. The van der Waals surface area contributed by atoms with E-state index in [9.17, 15) is 9.90 Å². The number of carbonyl (C=O) groups excluding carboxylic acids is 1. The monoisotopic (exact) mass is 323 g/mol. The van der Waals surface area contributed by atoms with Crippen molar-refractivity contribution in [1.29, 1.82) is 5.26 Å². The van der Waals surface area contributed by atoms with Crippen molar-refractivity contribution < 1.29 is 14.6 Å². The summed E-state index contributed by atoms with van der Waals surface area (Å²) in [7, 11) is 0. The maximum atomic E-state index is 12.1. The third kappa shape index (κ3) is 4.52. The Labute approximate surface area is 140 Å². The van der Waals surface area contributed by atoms with Crippen LogP contribution in [0.25, 0.3) is 0 Å². The van der Waals surface area contributed by atoms with Gasteiger partial charge in [-0.05, 0) is 43.3 Å². The molecule has 1 amide bonds. The van der Waals surface area contributed by atoms with Gasteiger partial charge in [-0.1, -0.05) is 12.1 Å². The lowest BCUT2D eigenvalue weighted by Crippen LogP contribution is -2.14. The number of ether oxygens (including phenoxy) is 1. The Balaban J connectivity index is 2.04. The van der Waals surface area contributed by atoms with Gasteiger partial charge in [-0.3, -0.25) is 4.79 Å². The summed E-state index contributed by atoms with van der Waals surface area (Å²) in [6, 6.07) is 15.2. The normalized spacial score (nSPS) is 10.6. The molecule has 6 nitrogen and oxygen atoms in total. The minimum Gasteiger partial charge on any atom is -0.506 e. The first-order valence-corrected chi connectivity index (χ1v) is 7.33. The molecule has 0 saturated heterocycles. The van der Waals surface area contributed by atoms with Crippen LogP contribution in [0, 0.1) is 11.3 Å². The van der Waals surface area contributed by atoms with E-state index in [-0.39, 0.29) is 17.0 Å². The molecule has 122 valence electrons. The fourth-order valence-corrected chi connectivity index (χ4v) is 1.89. The van der Waals surface area contributed by atoms with Gasteiger partial charge >= 0.3 is 0 Å². The van der Waals surface area contributed by atoms with Crippen LogP contribution in [0.3, 0.4) is 0 Å². The van der Waals surface area contributed by atoms with E-state index in [1.165, 1.54) is 12.3 Å². The maximum absolute atomic E-state index is 12.1. The molecule has 2 rings (SSSR count). The molecule has 0 fully saturated rings. The number of rotatable bonds is 6. The highest BCUT2D eigenvalue weighted by Gasteiger charge is 2.11. The lowest BCUT2D eigenvalue weighted by atomic mass is 10.2. The summed E-state index contributed by atoms with van der Waals surface area (Å²) in [6.07, 6.45) is 1.31. The summed E-state index contributed by atoms with van der Waals surface area (Å²) in [5, 5.41) is 24.1. The van der Waals surface area contributed by atoms with Gasteiger partial charge in [0.15, 0.2) is 0 Å². The fraction of sp³-hybridized carbons (Fsp3) is 0.111.